The number of hydrogen-bond acceptors (Lipinski definition) is 5. The van der Waals surface area contributed by atoms with Gasteiger partial charge in [0.2, 0.25) is 5.95 Å². The average molecular weight is 358 g/mol. The van der Waals surface area contributed by atoms with Gasteiger partial charge < -0.3 is 5.32 Å². The lowest BCUT2D eigenvalue weighted by Gasteiger charge is -2.08. The summed E-state index contributed by atoms with van der Waals surface area (Å²) in [4.78, 5) is 30.0. The number of benzene rings is 1. The SMILES string of the molecule is Cc1nc(C)n(-c2ncc(NC(=O)c3ccc4ccccc4n3)cn2)c1C. The second kappa shape index (κ2) is 6.60. The van der Waals surface area contributed by atoms with Crippen molar-refractivity contribution in [2.75, 3.05) is 5.32 Å². The van der Waals surface area contributed by atoms with E-state index in [0.717, 1.165) is 28.1 Å². The summed E-state index contributed by atoms with van der Waals surface area (Å²) in [5.41, 5.74) is 3.55. The van der Waals surface area contributed by atoms with Gasteiger partial charge in [0.25, 0.3) is 5.91 Å². The number of aromatic nitrogens is 5. The minimum Gasteiger partial charge on any atom is -0.318 e. The van der Waals surface area contributed by atoms with Crippen molar-refractivity contribution in [1.82, 2.24) is 24.5 Å². The van der Waals surface area contributed by atoms with Gasteiger partial charge in [0.1, 0.15) is 11.5 Å². The van der Waals surface area contributed by atoms with Gasteiger partial charge in [0.15, 0.2) is 0 Å². The number of nitrogens with zero attached hydrogens (tertiary/aromatic N) is 5. The van der Waals surface area contributed by atoms with Gasteiger partial charge in [-0.15, -0.1) is 0 Å². The van der Waals surface area contributed by atoms with Crippen LogP contribution in [0.15, 0.2) is 48.8 Å². The first-order valence-corrected chi connectivity index (χ1v) is 8.55. The molecule has 0 unspecified atom stereocenters. The number of fused-ring (bicyclic) bond motifs is 1. The number of pyridine rings is 1. The van der Waals surface area contributed by atoms with E-state index in [4.69, 9.17) is 0 Å². The number of aryl methyl sites for hydroxylation is 2. The van der Waals surface area contributed by atoms with E-state index < -0.39 is 0 Å². The molecule has 0 spiro atoms. The summed E-state index contributed by atoms with van der Waals surface area (Å²) >= 11 is 0. The molecule has 4 aromatic rings. The molecule has 27 heavy (non-hydrogen) atoms. The Balaban J connectivity index is 1.56. The topological polar surface area (TPSA) is 85.6 Å². The first-order valence-electron chi connectivity index (χ1n) is 8.55. The molecule has 0 fully saturated rings. The Morgan fingerprint density at radius 2 is 1.70 bits per heavy atom. The lowest BCUT2D eigenvalue weighted by atomic mass is 10.2. The number of carbonyl (C=O) groups excluding carboxylic acids is 1. The normalized spacial score (nSPS) is 10.9. The molecule has 0 aliphatic heterocycles. The highest BCUT2D eigenvalue weighted by Crippen LogP contribution is 2.16. The third-order valence-electron chi connectivity index (χ3n) is 4.44. The molecule has 0 saturated heterocycles. The van der Waals surface area contributed by atoms with Crippen LogP contribution >= 0.6 is 0 Å². The predicted octanol–water partition coefficient (Wildman–Crippen LogP) is 3.39. The van der Waals surface area contributed by atoms with Gasteiger partial charge in [-0.05, 0) is 32.9 Å². The van der Waals surface area contributed by atoms with E-state index in [0.29, 0.717) is 17.3 Å². The number of amides is 1. The van der Waals surface area contributed by atoms with Gasteiger partial charge >= 0.3 is 0 Å². The van der Waals surface area contributed by atoms with Crippen LogP contribution in [0.1, 0.15) is 27.7 Å². The van der Waals surface area contributed by atoms with Crippen molar-refractivity contribution in [1.29, 1.82) is 0 Å². The monoisotopic (exact) mass is 358 g/mol. The average Bonchev–Trinajstić information content (AvgIpc) is 2.94. The molecule has 4 rings (SSSR count). The number of anilines is 1. The molecule has 0 saturated carbocycles. The zero-order chi connectivity index (χ0) is 19.0. The van der Waals surface area contributed by atoms with Crippen LogP contribution < -0.4 is 5.32 Å². The zero-order valence-corrected chi connectivity index (χ0v) is 15.3. The molecule has 1 aromatic carbocycles. The van der Waals surface area contributed by atoms with Crippen molar-refractivity contribution in [3.63, 3.8) is 0 Å². The summed E-state index contributed by atoms with van der Waals surface area (Å²) in [6.45, 7) is 5.83. The molecule has 0 bridgehead atoms. The smallest absolute Gasteiger partial charge is 0.274 e. The molecular formula is C20H18N6O. The van der Waals surface area contributed by atoms with E-state index in [9.17, 15) is 4.79 Å². The molecule has 134 valence electrons. The summed E-state index contributed by atoms with van der Waals surface area (Å²) in [6, 6.07) is 11.2. The molecule has 3 aromatic heterocycles. The second-order valence-electron chi connectivity index (χ2n) is 6.28. The van der Waals surface area contributed by atoms with Crippen molar-refractivity contribution in [3.8, 4) is 5.95 Å². The highest BCUT2D eigenvalue weighted by atomic mass is 16.1. The van der Waals surface area contributed by atoms with Gasteiger partial charge in [0, 0.05) is 11.1 Å². The minimum absolute atomic E-state index is 0.303. The van der Waals surface area contributed by atoms with E-state index in [-0.39, 0.29) is 5.91 Å². The number of imidazole rings is 1. The first kappa shape index (κ1) is 16.8. The fraction of sp³-hybridized carbons (Fsp3) is 0.150. The number of carbonyl (C=O) groups is 1. The molecule has 1 N–H and O–H groups in total. The van der Waals surface area contributed by atoms with Crippen LogP contribution in [0.3, 0.4) is 0 Å². The van der Waals surface area contributed by atoms with E-state index >= 15 is 0 Å². The lowest BCUT2D eigenvalue weighted by molar-refractivity contribution is 0.102. The molecule has 3 heterocycles. The maximum absolute atomic E-state index is 12.5. The predicted molar refractivity (Wildman–Crippen MR) is 103 cm³/mol. The van der Waals surface area contributed by atoms with Crippen LogP contribution in [0.2, 0.25) is 0 Å². The third kappa shape index (κ3) is 3.15. The maximum atomic E-state index is 12.5. The van der Waals surface area contributed by atoms with Gasteiger partial charge in [0.05, 0.1) is 29.3 Å². The van der Waals surface area contributed by atoms with Crippen LogP contribution in [0.25, 0.3) is 16.9 Å². The molecule has 0 atom stereocenters. The Morgan fingerprint density at radius 3 is 2.41 bits per heavy atom. The van der Waals surface area contributed by atoms with Crippen LogP contribution in [-0.2, 0) is 0 Å². The summed E-state index contributed by atoms with van der Waals surface area (Å²) in [5, 5.41) is 3.77. The number of hydrogen-bond donors (Lipinski definition) is 1. The summed E-state index contributed by atoms with van der Waals surface area (Å²) in [7, 11) is 0. The quantitative estimate of drug-likeness (QED) is 0.607. The van der Waals surface area contributed by atoms with Crippen molar-refractivity contribution in [3.05, 3.63) is 71.7 Å². The van der Waals surface area contributed by atoms with E-state index in [1.165, 1.54) is 0 Å². The standard InChI is InChI=1S/C20H18N6O/c1-12-13(2)26(14(3)23-12)20-21-10-16(11-22-20)24-19(27)18-9-8-15-6-4-5-7-17(15)25-18/h4-11H,1-3H3,(H,24,27). The Kier molecular flexibility index (Phi) is 4.12. The molecule has 1 amide bonds. The second-order valence-corrected chi connectivity index (χ2v) is 6.28. The lowest BCUT2D eigenvalue weighted by Crippen LogP contribution is -2.14. The van der Waals surface area contributed by atoms with Crippen molar-refractivity contribution in [2.24, 2.45) is 0 Å². The third-order valence-corrected chi connectivity index (χ3v) is 4.44. The summed E-state index contributed by atoms with van der Waals surface area (Å²) < 4.78 is 1.88. The molecule has 0 aliphatic carbocycles. The summed E-state index contributed by atoms with van der Waals surface area (Å²) in [5.74, 6) is 1.04. The van der Waals surface area contributed by atoms with Crippen molar-refractivity contribution < 1.29 is 4.79 Å². The number of para-hydroxylation sites is 1. The largest absolute Gasteiger partial charge is 0.318 e. The van der Waals surface area contributed by atoms with Crippen LogP contribution in [-0.4, -0.2) is 30.4 Å². The molecule has 0 aliphatic rings. The van der Waals surface area contributed by atoms with Gasteiger partial charge in [-0.3, -0.25) is 9.36 Å². The van der Waals surface area contributed by atoms with Gasteiger partial charge in [-0.1, -0.05) is 24.3 Å². The highest BCUT2D eigenvalue weighted by molar-refractivity contribution is 6.03. The van der Waals surface area contributed by atoms with Crippen molar-refractivity contribution >= 4 is 22.5 Å². The van der Waals surface area contributed by atoms with Crippen molar-refractivity contribution in [2.45, 2.75) is 20.8 Å². The van der Waals surface area contributed by atoms with E-state index in [2.05, 4.69) is 25.3 Å². The molecule has 7 heteroatoms. The fourth-order valence-corrected chi connectivity index (χ4v) is 2.96. The van der Waals surface area contributed by atoms with Crippen LogP contribution in [0, 0.1) is 20.8 Å². The highest BCUT2D eigenvalue weighted by Gasteiger charge is 2.13. The Hall–Kier alpha value is -3.61. The zero-order valence-electron chi connectivity index (χ0n) is 15.3. The van der Waals surface area contributed by atoms with E-state index in [1.54, 1.807) is 18.5 Å². The van der Waals surface area contributed by atoms with E-state index in [1.807, 2.05) is 55.7 Å². The molecular weight excluding hydrogens is 340 g/mol. The van der Waals surface area contributed by atoms with Crippen LogP contribution in [0.5, 0.6) is 0 Å². The maximum Gasteiger partial charge on any atom is 0.274 e. The first-order chi connectivity index (χ1) is 13.0. The Bertz CT molecular complexity index is 1150. The minimum atomic E-state index is -0.303. The Labute approximate surface area is 156 Å². The molecule has 7 nitrogen and oxygen atoms in total. The van der Waals surface area contributed by atoms with Gasteiger partial charge in [-0.25, -0.2) is 19.9 Å². The van der Waals surface area contributed by atoms with Crippen LogP contribution in [0.4, 0.5) is 5.69 Å². The number of rotatable bonds is 3. The Morgan fingerprint density at radius 1 is 0.963 bits per heavy atom. The van der Waals surface area contributed by atoms with Gasteiger partial charge in [-0.2, -0.15) is 0 Å². The molecule has 0 radical (unpaired) electrons. The number of nitrogens with one attached hydrogen (secondary N) is 1. The fourth-order valence-electron chi connectivity index (χ4n) is 2.96. The summed E-state index contributed by atoms with van der Waals surface area (Å²) in [6.07, 6.45) is 3.16.